The highest BCUT2D eigenvalue weighted by Crippen LogP contribution is 2.30. The summed E-state index contributed by atoms with van der Waals surface area (Å²) in [6.45, 7) is 0. The van der Waals surface area contributed by atoms with Gasteiger partial charge in [0.05, 0.1) is 0 Å². The highest BCUT2D eigenvalue weighted by Gasteiger charge is 2.24. The Bertz CT molecular complexity index is 271. The van der Waals surface area contributed by atoms with Crippen molar-refractivity contribution in [2.24, 2.45) is 0 Å². The fourth-order valence-corrected chi connectivity index (χ4v) is 4.17. The van der Waals surface area contributed by atoms with Gasteiger partial charge >= 0.3 is 0 Å². The first kappa shape index (κ1) is 13.3. The Morgan fingerprint density at radius 1 is 1.53 bits per heavy atom. The van der Waals surface area contributed by atoms with Gasteiger partial charge in [-0.05, 0) is 38.5 Å². The van der Waals surface area contributed by atoms with Crippen molar-refractivity contribution in [3.05, 3.63) is 0 Å². The first-order chi connectivity index (χ1) is 7.03. The van der Waals surface area contributed by atoms with Crippen molar-refractivity contribution in [1.29, 1.82) is 0 Å². The second kappa shape index (κ2) is 6.11. The molecule has 0 aromatic rings. The van der Waals surface area contributed by atoms with Crippen LogP contribution in [0.15, 0.2) is 0 Å². The van der Waals surface area contributed by atoms with Crippen molar-refractivity contribution < 1.29 is 8.42 Å². The maximum atomic E-state index is 11.0. The van der Waals surface area contributed by atoms with E-state index in [1.807, 2.05) is 18.8 Å². The van der Waals surface area contributed by atoms with Crippen molar-refractivity contribution in [1.82, 2.24) is 5.32 Å². The molecule has 0 aromatic heterocycles. The van der Waals surface area contributed by atoms with Gasteiger partial charge in [0.25, 0.3) is 0 Å². The zero-order valence-corrected chi connectivity index (χ0v) is 11.2. The van der Waals surface area contributed by atoms with Crippen molar-refractivity contribution in [3.8, 4) is 0 Å². The molecule has 2 atom stereocenters. The summed E-state index contributed by atoms with van der Waals surface area (Å²) in [5, 5.41) is 4.00. The van der Waals surface area contributed by atoms with E-state index >= 15 is 0 Å². The Morgan fingerprint density at radius 2 is 2.27 bits per heavy atom. The van der Waals surface area contributed by atoms with E-state index in [9.17, 15) is 8.42 Å². The van der Waals surface area contributed by atoms with Gasteiger partial charge in [0.1, 0.15) is 9.84 Å². The van der Waals surface area contributed by atoms with Gasteiger partial charge in [0, 0.05) is 23.3 Å². The topological polar surface area (TPSA) is 46.2 Å². The first-order valence-corrected chi connectivity index (χ1v) is 8.60. The Labute approximate surface area is 97.3 Å². The average molecular weight is 251 g/mol. The molecule has 90 valence electrons. The normalized spacial score (nSPS) is 24.3. The summed E-state index contributed by atoms with van der Waals surface area (Å²) in [5.41, 5.74) is 0. The molecule has 0 saturated carbocycles. The number of thioether (sulfide) groups is 1. The fraction of sp³-hybridized carbons (Fsp3) is 1.00. The van der Waals surface area contributed by atoms with Crippen LogP contribution >= 0.6 is 11.8 Å². The number of nitrogens with one attached hydrogen (secondary N) is 1. The maximum Gasteiger partial charge on any atom is 0.147 e. The minimum Gasteiger partial charge on any atom is -0.316 e. The summed E-state index contributed by atoms with van der Waals surface area (Å²) in [7, 11) is -0.810. The summed E-state index contributed by atoms with van der Waals surface area (Å²) < 4.78 is 22.0. The number of hydrogen-bond donors (Lipinski definition) is 1. The van der Waals surface area contributed by atoms with Crippen molar-refractivity contribution in [3.63, 3.8) is 0 Å². The Morgan fingerprint density at radius 3 is 2.73 bits per heavy atom. The summed E-state index contributed by atoms with van der Waals surface area (Å²) in [4.78, 5) is 0. The van der Waals surface area contributed by atoms with Crippen LogP contribution in [0.1, 0.15) is 25.7 Å². The van der Waals surface area contributed by atoms with E-state index in [-0.39, 0.29) is 0 Å². The van der Waals surface area contributed by atoms with Crippen molar-refractivity contribution >= 4 is 21.6 Å². The van der Waals surface area contributed by atoms with E-state index in [1.165, 1.54) is 24.9 Å². The predicted octanol–water partition coefficient (Wildman–Crippen LogP) is 1.29. The van der Waals surface area contributed by atoms with Gasteiger partial charge in [-0.3, -0.25) is 0 Å². The van der Waals surface area contributed by atoms with Crippen LogP contribution in [0.5, 0.6) is 0 Å². The Kier molecular flexibility index (Phi) is 5.43. The molecule has 1 fully saturated rings. The summed E-state index contributed by atoms with van der Waals surface area (Å²) in [5.74, 6) is 1.58. The van der Waals surface area contributed by atoms with E-state index in [0.717, 1.165) is 12.8 Å². The van der Waals surface area contributed by atoms with Crippen LogP contribution < -0.4 is 5.32 Å². The monoisotopic (exact) mass is 251 g/mol. The molecule has 0 aliphatic carbocycles. The number of rotatable bonds is 6. The summed E-state index contributed by atoms with van der Waals surface area (Å²) in [6, 6.07) is 0.485. The molecule has 1 rings (SSSR count). The minimum atomic E-state index is -2.79. The largest absolute Gasteiger partial charge is 0.316 e. The fourth-order valence-electron chi connectivity index (χ4n) is 2.00. The van der Waals surface area contributed by atoms with Crippen LogP contribution in [0.3, 0.4) is 0 Å². The lowest BCUT2D eigenvalue weighted by Gasteiger charge is -2.21. The van der Waals surface area contributed by atoms with Crippen molar-refractivity contribution in [2.45, 2.75) is 37.0 Å². The number of hydrogen-bond acceptors (Lipinski definition) is 4. The third-order valence-corrected chi connectivity index (χ3v) is 5.36. The van der Waals surface area contributed by atoms with Gasteiger partial charge in [-0.25, -0.2) is 8.42 Å². The van der Waals surface area contributed by atoms with Gasteiger partial charge in [-0.15, -0.1) is 0 Å². The molecule has 0 bridgehead atoms. The van der Waals surface area contributed by atoms with Gasteiger partial charge in [-0.1, -0.05) is 0 Å². The summed E-state index contributed by atoms with van der Waals surface area (Å²) in [6.07, 6.45) is 5.64. The molecule has 0 aromatic carbocycles. The molecule has 1 aliphatic rings. The highest BCUT2D eigenvalue weighted by molar-refractivity contribution is 8.00. The predicted molar refractivity (Wildman–Crippen MR) is 67.3 cm³/mol. The van der Waals surface area contributed by atoms with Crippen molar-refractivity contribution in [2.75, 3.05) is 24.8 Å². The van der Waals surface area contributed by atoms with Gasteiger partial charge in [-0.2, -0.15) is 11.8 Å². The maximum absolute atomic E-state index is 11.0. The molecule has 1 aliphatic heterocycles. The van der Waals surface area contributed by atoms with E-state index in [0.29, 0.717) is 17.0 Å². The SMILES string of the molecule is CNC(CCCS(C)(=O)=O)C1CCCS1. The lowest BCUT2D eigenvalue weighted by atomic mass is 10.1. The van der Waals surface area contributed by atoms with Crippen LogP contribution in [0.25, 0.3) is 0 Å². The molecule has 0 amide bonds. The third kappa shape index (κ3) is 5.22. The Hall–Kier alpha value is 0.260. The molecule has 0 radical (unpaired) electrons. The second-order valence-corrected chi connectivity index (χ2v) is 7.83. The third-order valence-electron chi connectivity index (χ3n) is 2.81. The van der Waals surface area contributed by atoms with Crippen LogP contribution in [-0.2, 0) is 9.84 Å². The molecule has 3 nitrogen and oxygen atoms in total. The molecule has 5 heteroatoms. The smallest absolute Gasteiger partial charge is 0.147 e. The molecule has 15 heavy (non-hydrogen) atoms. The van der Waals surface area contributed by atoms with Gasteiger partial charge in [0.2, 0.25) is 0 Å². The lowest BCUT2D eigenvalue weighted by molar-refractivity contribution is 0.487. The zero-order valence-electron chi connectivity index (χ0n) is 9.53. The van der Waals surface area contributed by atoms with E-state index in [4.69, 9.17) is 0 Å². The average Bonchev–Trinajstić information content (AvgIpc) is 2.63. The molecule has 1 heterocycles. The summed E-state index contributed by atoms with van der Waals surface area (Å²) >= 11 is 2.02. The number of sulfone groups is 1. The minimum absolute atomic E-state index is 0.322. The van der Waals surface area contributed by atoms with E-state index < -0.39 is 9.84 Å². The highest BCUT2D eigenvalue weighted by atomic mass is 32.2. The standard InChI is InChI=1S/C10H21NO2S2/c1-11-9(10-6-3-7-14-10)5-4-8-15(2,12)13/h9-11H,3-8H2,1-2H3. The second-order valence-electron chi connectivity index (χ2n) is 4.22. The molecule has 0 spiro atoms. The van der Waals surface area contributed by atoms with Crippen LogP contribution in [0.4, 0.5) is 0 Å². The molecule has 1 N–H and O–H groups in total. The molecule has 1 saturated heterocycles. The van der Waals surface area contributed by atoms with Crippen LogP contribution in [-0.4, -0.2) is 44.5 Å². The van der Waals surface area contributed by atoms with E-state index in [2.05, 4.69) is 5.32 Å². The lowest BCUT2D eigenvalue weighted by Crippen LogP contribution is -2.34. The van der Waals surface area contributed by atoms with E-state index in [1.54, 1.807) is 0 Å². The van der Waals surface area contributed by atoms with Gasteiger partial charge in [0.15, 0.2) is 0 Å². The quantitative estimate of drug-likeness (QED) is 0.773. The molecular formula is C10H21NO2S2. The van der Waals surface area contributed by atoms with Crippen LogP contribution in [0, 0.1) is 0 Å². The first-order valence-electron chi connectivity index (χ1n) is 5.49. The zero-order chi connectivity index (χ0) is 11.3. The molecular weight excluding hydrogens is 230 g/mol. The van der Waals surface area contributed by atoms with Gasteiger partial charge < -0.3 is 5.32 Å². The Balaban J connectivity index is 2.27. The van der Waals surface area contributed by atoms with Crippen LogP contribution in [0.2, 0.25) is 0 Å². The molecule has 2 unspecified atom stereocenters.